The van der Waals surface area contributed by atoms with E-state index in [2.05, 4.69) is 19.1 Å². The molecule has 0 saturated carbocycles. The molecule has 2 rings (SSSR count). The van der Waals surface area contributed by atoms with Crippen molar-refractivity contribution in [2.24, 2.45) is 5.73 Å². The Kier molecular flexibility index (Phi) is 3.46. The van der Waals surface area contributed by atoms with Crippen LogP contribution in [-0.2, 0) is 18.0 Å². The van der Waals surface area contributed by atoms with Crippen LogP contribution in [0.5, 0.6) is 5.75 Å². The van der Waals surface area contributed by atoms with Crippen molar-refractivity contribution in [3.05, 3.63) is 28.8 Å². The van der Waals surface area contributed by atoms with E-state index in [4.69, 9.17) is 15.2 Å². The molecule has 0 saturated heterocycles. The highest BCUT2D eigenvalue weighted by molar-refractivity contribution is 5.45. The Bertz CT molecular complexity index is 376. The van der Waals surface area contributed by atoms with Crippen LogP contribution in [-0.4, -0.2) is 13.7 Å². The maximum absolute atomic E-state index is 5.61. The average Bonchev–Trinajstić information content (AvgIpc) is 2.74. The molecule has 0 fully saturated rings. The van der Waals surface area contributed by atoms with E-state index in [0.717, 1.165) is 18.8 Å². The SMILES string of the molecule is COc1cc2c(cc1C(C)CCN)COC2. The van der Waals surface area contributed by atoms with Gasteiger partial charge in [-0.05, 0) is 47.7 Å². The summed E-state index contributed by atoms with van der Waals surface area (Å²) in [6.07, 6.45) is 0.982. The van der Waals surface area contributed by atoms with Crippen molar-refractivity contribution in [3.8, 4) is 5.75 Å². The molecule has 1 atom stereocenters. The molecular weight excluding hydrogens is 202 g/mol. The van der Waals surface area contributed by atoms with E-state index < -0.39 is 0 Å². The van der Waals surface area contributed by atoms with Gasteiger partial charge in [0.05, 0.1) is 20.3 Å². The summed E-state index contributed by atoms with van der Waals surface area (Å²) in [6.45, 7) is 4.32. The van der Waals surface area contributed by atoms with Gasteiger partial charge in [-0.1, -0.05) is 6.92 Å². The van der Waals surface area contributed by atoms with E-state index in [1.807, 2.05) is 0 Å². The Balaban J connectivity index is 2.35. The minimum Gasteiger partial charge on any atom is -0.496 e. The Hall–Kier alpha value is -1.06. The van der Waals surface area contributed by atoms with Crippen LogP contribution < -0.4 is 10.5 Å². The Labute approximate surface area is 96.5 Å². The summed E-state index contributed by atoms with van der Waals surface area (Å²) >= 11 is 0. The average molecular weight is 221 g/mol. The molecule has 3 nitrogen and oxygen atoms in total. The monoisotopic (exact) mass is 221 g/mol. The lowest BCUT2D eigenvalue weighted by atomic mass is 9.93. The van der Waals surface area contributed by atoms with Gasteiger partial charge in [0, 0.05) is 0 Å². The molecule has 1 heterocycles. The third kappa shape index (κ3) is 2.06. The molecule has 1 aliphatic heterocycles. The maximum Gasteiger partial charge on any atom is 0.122 e. The zero-order chi connectivity index (χ0) is 11.5. The summed E-state index contributed by atoms with van der Waals surface area (Å²) in [7, 11) is 1.72. The van der Waals surface area contributed by atoms with Crippen molar-refractivity contribution < 1.29 is 9.47 Å². The fourth-order valence-electron chi connectivity index (χ4n) is 2.19. The largest absolute Gasteiger partial charge is 0.496 e. The lowest BCUT2D eigenvalue weighted by Gasteiger charge is -2.16. The molecule has 0 amide bonds. The first-order chi connectivity index (χ1) is 7.76. The first kappa shape index (κ1) is 11.4. The van der Waals surface area contributed by atoms with E-state index in [-0.39, 0.29) is 0 Å². The highest BCUT2D eigenvalue weighted by Gasteiger charge is 2.18. The first-order valence-electron chi connectivity index (χ1n) is 5.73. The van der Waals surface area contributed by atoms with Crippen LogP contribution in [0.4, 0.5) is 0 Å². The van der Waals surface area contributed by atoms with Crippen LogP contribution in [0.15, 0.2) is 12.1 Å². The minimum absolute atomic E-state index is 0.436. The zero-order valence-electron chi connectivity index (χ0n) is 9.95. The van der Waals surface area contributed by atoms with Gasteiger partial charge in [-0.3, -0.25) is 0 Å². The van der Waals surface area contributed by atoms with Crippen molar-refractivity contribution in [1.82, 2.24) is 0 Å². The van der Waals surface area contributed by atoms with Gasteiger partial charge < -0.3 is 15.2 Å². The van der Waals surface area contributed by atoms with Gasteiger partial charge in [-0.25, -0.2) is 0 Å². The fraction of sp³-hybridized carbons (Fsp3) is 0.538. The van der Waals surface area contributed by atoms with E-state index in [1.165, 1.54) is 16.7 Å². The molecule has 0 aromatic heterocycles. The van der Waals surface area contributed by atoms with Crippen molar-refractivity contribution in [1.29, 1.82) is 0 Å². The fourth-order valence-corrected chi connectivity index (χ4v) is 2.19. The number of ether oxygens (including phenoxy) is 2. The van der Waals surface area contributed by atoms with Gasteiger partial charge >= 0.3 is 0 Å². The zero-order valence-corrected chi connectivity index (χ0v) is 9.95. The minimum atomic E-state index is 0.436. The lowest BCUT2D eigenvalue weighted by Crippen LogP contribution is -2.06. The van der Waals surface area contributed by atoms with Crippen LogP contribution in [0.3, 0.4) is 0 Å². The van der Waals surface area contributed by atoms with Crippen LogP contribution in [0, 0.1) is 0 Å². The van der Waals surface area contributed by atoms with Gasteiger partial charge in [-0.2, -0.15) is 0 Å². The third-order valence-corrected chi connectivity index (χ3v) is 3.20. The highest BCUT2D eigenvalue weighted by atomic mass is 16.5. The summed E-state index contributed by atoms with van der Waals surface area (Å²) in [5, 5.41) is 0. The van der Waals surface area contributed by atoms with E-state index >= 15 is 0 Å². The Morgan fingerprint density at radius 1 is 1.38 bits per heavy atom. The van der Waals surface area contributed by atoms with E-state index in [0.29, 0.717) is 19.1 Å². The van der Waals surface area contributed by atoms with Gasteiger partial charge in [0.25, 0.3) is 0 Å². The number of fused-ring (bicyclic) bond motifs is 1. The molecule has 1 aliphatic rings. The van der Waals surface area contributed by atoms with Crippen LogP contribution >= 0.6 is 0 Å². The molecule has 1 aromatic carbocycles. The van der Waals surface area contributed by atoms with Crippen LogP contribution in [0.25, 0.3) is 0 Å². The molecule has 0 radical (unpaired) electrons. The third-order valence-electron chi connectivity index (χ3n) is 3.20. The van der Waals surface area contributed by atoms with Gasteiger partial charge in [0.15, 0.2) is 0 Å². The molecule has 0 bridgehead atoms. The van der Waals surface area contributed by atoms with Crippen molar-refractivity contribution in [2.75, 3.05) is 13.7 Å². The normalized spacial score (nSPS) is 15.9. The molecule has 0 spiro atoms. The number of hydrogen-bond donors (Lipinski definition) is 1. The molecule has 88 valence electrons. The molecule has 2 N–H and O–H groups in total. The summed E-state index contributed by atoms with van der Waals surface area (Å²) in [6, 6.07) is 4.31. The topological polar surface area (TPSA) is 44.5 Å². The number of hydrogen-bond acceptors (Lipinski definition) is 3. The first-order valence-corrected chi connectivity index (χ1v) is 5.73. The van der Waals surface area contributed by atoms with Crippen LogP contribution in [0.1, 0.15) is 36.0 Å². The highest BCUT2D eigenvalue weighted by Crippen LogP contribution is 2.34. The number of benzene rings is 1. The Morgan fingerprint density at radius 2 is 2.06 bits per heavy atom. The summed E-state index contributed by atoms with van der Waals surface area (Å²) in [4.78, 5) is 0. The molecule has 3 heteroatoms. The van der Waals surface area contributed by atoms with Crippen molar-refractivity contribution in [2.45, 2.75) is 32.5 Å². The molecule has 16 heavy (non-hydrogen) atoms. The number of methoxy groups -OCH3 is 1. The smallest absolute Gasteiger partial charge is 0.122 e. The molecule has 1 unspecified atom stereocenters. The van der Waals surface area contributed by atoms with E-state index in [9.17, 15) is 0 Å². The quantitative estimate of drug-likeness (QED) is 0.847. The van der Waals surface area contributed by atoms with Gasteiger partial charge in [0.2, 0.25) is 0 Å². The second-order valence-electron chi connectivity index (χ2n) is 4.33. The number of rotatable bonds is 4. The van der Waals surface area contributed by atoms with Gasteiger partial charge in [0.1, 0.15) is 5.75 Å². The predicted octanol–water partition coefficient (Wildman–Crippen LogP) is 2.18. The second kappa shape index (κ2) is 4.85. The molecule has 1 aromatic rings. The Morgan fingerprint density at radius 3 is 2.69 bits per heavy atom. The standard InChI is InChI=1S/C13H19NO2/c1-9(3-4-14)12-5-10-7-16-8-11(10)6-13(12)15-2/h5-6,9H,3-4,7-8,14H2,1-2H3. The van der Waals surface area contributed by atoms with Crippen LogP contribution in [0.2, 0.25) is 0 Å². The lowest BCUT2D eigenvalue weighted by molar-refractivity contribution is 0.134. The molecular formula is C13H19NO2. The van der Waals surface area contributed by atoms with Crippen molar-refractivity contribution >= 4 is 0 Å². The summed E-state index contributed by atoms with van der Waals surface area (Å²) < 4.78 is 10.9. The maximum atomic E-state index is 5.61. The predicted molar refractivity (Wildman–Crippen MR) is 63.6 cm³/mol. The second-order valence-corrected chi connectivity index (χ2v) is 4.33. The van der Waals surface area contributed by atoms with Gasteiger partial charge in [-0.15, -0.1) is 0 Å². The number of nitrogens with two attached hydrogens (primary N) is 1. The van der Waals surface area contributed by atoms with Crippen molar-refractivity contribution in [3.63, 3.8) is 0 Å². The summed E-state index contributed by atoms with van der Waals surface area (Å²) in [5.74, 6) is 1.40. The van der Waals surface area contributed by atoms with E-state index in [1.54, 1.807) is 7.11 Å². The summed E-state index contributed by atoms with van der Waals surface area (Å²) in [5.41, 5.74) is 9.39. The molecule has 0 aliphatic carbocycles.